The number of anilines is 1. The second-order valence-corrected chi connectivity index (χ2v) is 3.84. The molecule has 0 aliphatic rings. The Hall–Kier alpha value is -1.55. The summed E-state index contributed by atoms with van der Waals surface area (Å²) in [4.78, 5) is 10.7. The van der Waals surface area contributed by atoms with Crippen molar-refractivity contribution in [2.24, 2.45) is 0 Å². The molecule has 0 aliphatic heterocycles. The number of carboxylic acid groups (broad SMARTS) is 1. The lowest BCUT2D eigenvalue weighted by molar-refractivity contribution is 0.0697. The molecule has 4 nitrogen and oxygen atoms in total. The van der Waals surface area contributed by atoms with Crippen molar-refractivity contribution in [2.75, 3.05) is 19.0 Å². The van der Waals surface area contributed by atoms with Gasteiger partial charge in [-0.15, -0.1) is 0 Å². The molecule has 88 valence electrons. The SMILES string of the molecule is COCC(C)Nc1ccc(C(=O)O)cc1C. The Balaban J connectivity index is 2.79. The van der Waals surface area contributed by atoms with Crippen molar-refractivity contribution in [3.8, 4) is 0 Å². The summed E-state index contributed by atoms with van der Waals surface area (Å²) in [7, 11) is 1.65. The molecule has 1 rings (SSSR count). The topological polar surface area (TPSA) is 58.6 Å². The largest absolute Gasteiger partial charge is 0.478 e. The lowest BCUT2D eigenvalue weighted by atomic mass is 10.1. The molecule has 2 N–H and O–H groups in total. The normalized spacial score (nSPS) is 12.2. The van der Waals surface area contributed by atoms with Gasteiger partial charge in [0.1, 0.15) is 0 Å². The van der Waals surface area contributed by atoms with Gasteiger partial charge in [0.05, 0.1) is 12.2 Å². The van der Waals surface area contributed by atoms with Crippen LogP contribution in [-0.4, -0.2) is 30.8 Å². The number of hydrogen-bond donors (Lipinski definition) is 2. The maximum absolute atomic E-state index is 10.7. The molecule has 0 saturated carbocycles. The molecule has 0 aromatic heterocycles. The van der Waals surface area contributed by atoms with Crippen LogP contribution < -0.4 is 5.32 Å². The molecule has 4 heteroatoms. The number of hydrogen-bond acceptors (Lipinski definition) is 3. The maximum atomic E-state index is 10.7. The maximum Gasteiger partial charge on any atom is 0.335 e. The van der Waals surface area contributed by atoms with Crippen LogP contribution in [0.15, 0.2) is 18.2 Å². The van der Waals surface area contributed by atoms with Gasteiger partial charge < -0.3 is 15.2 Å². The van der Waals surface area contributed by atoms with Crippen molar-refractivity contribution in [1.29, 1.82) is 0 Å². The molecule has 0 saturated heterocycles. The van der Waals surface area contributed by atoms with E-state index in [1.807, 2.05) is 13.8 Å². The van der Waals surface area contributed by atoms with Crippen molar-refractivity contribution in [2.45, 2.75) is 19.9 Å². The molecular formula is C12H17NO3. The minimum Gasteiger partial charge on any atom is -0.478 e. The Kier molecular flexibility index (Phi) is 4.31. The second kappa shape index (κ2) is 5.51. The van der Waals surface area contributed by atoms with Crippen LogP contribution in [0.1, 0.15) is 22.8 Å². The third-order valence-corrected chi connectivity index (χ3v) is 2.29. The molecule has 1 aromatic carbocycles. The van der Waals surface area contributed by atoms with Gasteiger partial charge in [0.25, 0.3) is 0 Å². The lowest BCUT2D eigenvalue weighted by Crippen LogP contribution is -2.21. The summed E-state index contributed by atoms with van der Waals surface area (Å²) in [6, 6.07) is 5.23. The van der Waals surface area contributed by atoms with E-state index in [1.165, 1.54) is 0 Å². The third-order valence-electron chi connectivity index (χ3n) is 2.29. The zero-order chi connectivity index (χ0) is 12.1. The number of benzene rings is 1. The van der Waals surface area contributed by atoms with Gasteiger partial charge >= 0.3 is 5.97 Å². The van der Waals surface area contributed by atoms with E-state index in [0.29, 0.717) is 12.2 Å². The monoisotopic (exact) mass is 223 g/mol. The first-order chi connectivity index (χ1) is 7.54. The smallest absolute Gasteiger partial charge is 0.335 e. The van der Waals surface area contributed by atoms with E-state index >= 15 is 0 Å². The fraction of sp³-hybridized carbons (Fsp3) is 0.417. The highest BCUT2D eigenvalue weighted by Crippen LogP contribution is 2.17. The van der Waals surface area contributed by atoms with Crippen molar-refractivity contribution < 1.29 is 14.6 Å². The Morgan fingerprint density at radius 1 is 1.56 bits per heavy atom. The molecular weight excluding hydrogens is 206 g/mol. The number of methoxy groups -OCH3 is 1. The number of aromatic carboxylic acids is 1. The molecule has 1 unspecified atom stereocenters. The average Bonchev–Trinajstić information content (AvgIpc) is 2.21. The van der Waals surface area contributed by atoms with Crippen LogP contribution in [0.3, 0.4) is 0 Å². The molecule has 0 radical (unpaired) electrons. The van der Waals surface area contributed by atoms with E-state index in [4.69, 9.17) is 9.84 Å². The van der Waals surface area contributed by atoms with Crippen molar-refractivity contribution >= 4 is 11.7 Å². The zero-order valence-electron chi connectivity index (χ0n) is 9.78. The minimum absolute atomic E-state index is 0.194. The van der Waals surface area contributed by atoms with Gasteiger partial charge in [0.15, 0.2) is 0 Å². The summed E-state index contributed by atoms with van der Waals surface area (Å²) in [5.41, 5.74) is 2.17. The fourth-order valence-corrected chi connectivity index (χ4v) is 1.52. The fourth-order valence-electron chi connectivity index (χ4n) is 1.52. The number of carbonyl (C=O) groups is 1. The molecule has 1 aromatic rings. The number of rotatable bonds is 5. The summed E-state index contributed by atoms with van der Waals surface area (Å²) in [5, 5.41) is 12.1. The number of aryl methyl sites for hydroxylation is 1. The van der Waals surface area contributed by atoms with Crippen LogP contribution >= 0.6 is 0 Å². The van der Waals surface area contributed by atoms with Gasteiger partial charge in [-0.3, -0.25) is 0 Å². The Labute approximate surface area is 95.2 Å². The second-order valence-electron chi connectivity index (χ2n) is 3.84. The highest BCUT2D eigenvalue weighted by Gasteiger charge is 2.07. The van der Waals surface area contributed by atoms with E-state index < -0.39 is 5.97 Å². The minimum atomic E-state index is -0.903. The summed E-state index contributed by atoms with van der Waals surface area (Å²) in [6.07, 6.45) is 0. The summed E-state index contributed by atoms with van der Waals surface area (Å²) >= 11 is 0. The van der Waals surface area contributed by atoms with Gasteiger partial charge in [-0.1, -0.05) is 0 Å². The number of carboxylic acids is 1. The molecule has 16 heavy (non-hydrogen) atoms. The number of ether oxygens (including phenoxy) is 1. The zero-order valence-corrected chi connectivity index (χ0v) is 9.78. The molecule has 0 fully saturated rings. The quantitative estimate of drug-likeness (QED) is 0.803. The highest BCUT2D eigenvalue weighted by molar-refractivity contribution is 5.88. The first-order valence-corrected chi connectivity index (χ1v) is 5.14. The van der Waals surface area contributed by atoms with E-state index in [-0.39, 0.29) is 6.04 Å². The van der Waals surface area contributed by atoms with Gasteiger partial charge in [-0.05, 0) is 37.6 Å². The van der Waals surface area contributed by atoms with E-state index in [1.54, 1.807) is 25.3 Å². The van der Waals surface area contributed by atoms with Crippen LogP contribution in [0, 0.1) is 6.92 Å². The van der Waals surface area contributed by atoms with Crippen LogP contribution in [-0.2, 0) is 4.74 Å². The standard InChI is InChI=1S/C12H17NO3/c1-8-6-10(12(14)15)4-5-11(8)13-9(2)7-16-3/h4-6,9,13H,7H2,1-3H3,(H,14,15). The third kappa shape index (κ3) is 3.24. The molecule has 1 atom stereocenters. The van der Waals surface area contributed by atoms with Crippen LogP contribution in [0.2, 0.25) is 0 Å². The molecule has 0 spiro atoms. The van der Waals surface area contributed by atoms with Crippen molar-refractivity contribution in [3.63, 3.8) is 0 Å². The van der Waals surface area contributed by atoms with Crippen molar-refractivity contribution in [1.82, 2.24) is 0 Å². The van der Waals surface area contributed by atoms with Crippen LogP contribution in [0.4, 0.5) is 5.69 Å². The Morgan fingerprint density at radius 2 is 2.25 bits per heavy atom. The summed E-state index contributed by atoms with van der Waals surface area (Å²) < 4.78 is 5.02. The Morgan fingerprint density at radius 3 is 2.75 bits per heavy atom. The van der Waals surface area contributed by atoms with Gasteiger partial charge in [0, 0.05) is 18.8 Å². The molecule has 0 bridgehead atoms. The van der Waals surface area contributed by atoms with Crippen LogP contribution in [0.25, 0.3) is 0 Å². The lowest BCUT2D eigenvalue weighted by Gasteiger charge is -2.16. The van der Waals surface area contributed by atoms with E-state index in [0.717, 1.165) is 11.3 Å². The van der Waals surface area contributed by atoms with E-state index in [2.05, 4.69) is 5.32 Å². The van der Waals surface area contributed by atoms with Crippen molar-refractivity contribution in [3.05, 3.63) is 29.3 Å². The molecule has 0 amide bonds. The molecule has 0 aliphatic carbocycles. The first-order valence-electron chi connectivity index (χ1n) is 5.14. The Bertz CT molecular complexity index is 377. The predicted octanol–water partition coefficient (Wildman–Crippen LogP) is 2.14. The predicted molar refractivity (Wildman–Crippen MR) is 63.1 cm³/mol. The van der Waals surface area contributed by atoms with E-state index in [9.17, 15) is 4.79 Å². The highest BCUT2D eigenvalue weighted by atomic mass is 16.5. The average molecular weight is 223 g/mol. The summed E-state index contributed by atoms with van der Waals surface area (Å²) in [6.45, 7) is 4.50. The summed E-state index contributed by atoms with van der Waals surface area (Å²) in [5.74, 6) is -0.903. The van der Waals surface area contributed by atoms with Crippen LogP contribution in [0.5, 0.6) is 0 Å². The number of nitrogens with one attached hydrogen (secondary N) is 1. The first kappa shape index (κ1) is 12.5. The van der Waals surface area contributed by atoms with Gasteiger partial charge in [0.2, 0.25) is 0 Å². The van der Waals surface area contributed by atoms with Gasteiger partial charge in [-0.25, -0.2) is 4.79 Å². The van der Waals surface area contributed by atoms with Gasteiger partial charge in [-0.2, -0.15) is 0 Å². The molecule has 0 heterocycles.